The van der Waals surface area contributed by atoms with Crippen molar-refractivity contribution in [3.63, 3.8) is 0 Å². The van der Waals surface area contributed by atoms with Crippen molar-refractivity contribution in [1.82, 2.24) is 10.2 Å². The highest BCUT2D eigenvalue weighted by Crippen LogP contribution is 2.30. The minimum Gasteiger partial charge on any atom is -0.493 e. The van der Waals surface area contributed by atoms with Crippen molar-refractivity contribution in [1.29, 1.82) is 0 Å². The second-order valence-electron chi connectivity index (χ2n) is 6.19. The Bertz CT molecular complexity index is 619. The number of carbonyl (C=O) groups is 2. The normalized spacial score (nSPS) is 18.6. The molecule has 1 aromatic carbocycles. The monoisotopic (exact) mass is 350 g/mol. The lowest BCUT2D eigenvalue weighted by molar-refractivity contribution is -0.141. The van der Waals surface area contributed by atoms with Gasteiger partial charge in [-0.15, -0.1) is 0 Å². The first-order chi connectivity index (χ1) is 11.9. The molecule has 2 N–H and O–H groups in total. The van der Waals surface area contributed by atoms with Gasteiger partial charge in [-0.3, -0.25) is 14.5 Å². The van der Waals surface area contributed by atoms with E-state index in [0.717, 1.165) is 5.56 Å². The van der Waals surface area contributed by atoms with Gasteiger partial charge in [0, 0.05) is 6.54 Å². The van der Waals surface area contributed by atoms with Gasteiger partial charge in [-0.05, 0) is 44.5 Å². The van der Waals surface area contributed by atoms with Gasteiger partial charge < -0.3 is 19.9 Å². The van der Waals surface area contributed by atoms with Crippen LogP contribution in [-0.4, -0.2) is 55.2 Å². The molecule has 1 aliphatic rings. The molecular formula is C18H26N2O5. The first-order valence-corrected chi connectivity index (χ1v) is 8.49. The fraction of sp³-hybridized carbons (Fsp3) is 0.556. The van der Waals surface area contributed by atoms with Crippen LogP contribution in [0.25, 0.3) is 0 Å². The number of benzene rings is 1. The average Bonchev–Trinajstić information content (AvgIpc) is 3.04. The van der Waals surface area contributed by atoms with E-state index in [1.54, 1.807) is 7.11 Å². The van der Waals surface area contributed by atoms with Crippen LogP contribution in [0.15, 0.2) is 18.2 Å². The molecular weight excluding hydrogens is 324 g/mol. The molecule has 25 heavy (non-hydrogen) atoms. The second-order valence-corrected chi connectivity index (χ2v) is 6.19. The summed E-state index contributed by atoms with van der Waals surface area (Å²) < 4.78 is 10.8. The van der Waals surface area contributed by atoms with Gasteiger partial charge in [0.05, 0.1) is 32.2 Å². The van der Waals surface area contributed by atoms with E-state index in [2.05, 4.69) is 5.32 Å². The molecule has 1 heterocycles. The summed E-state index contributed by atoms with van der Waals surface area (Å²) in [4.78, 5) is 25.1. The predicted octanol–water partition coefficient (Wildman–Crippen LogP) is 1.68. The number of carboxylic acids is 1. The van der Waals surface area contributed by atoms with Crippen LogP contribution in [0.5, 0.6) is 11.5 Å². The SMILES string of the molecule is CCOc1ccc(C(C)NC(=O)CN2CCC(C(=O)O)C2)cc1OC. The van der Waals surface area contributed by atoms with Crippen molar-refractivity contribution < 1.29 is 24.2 Å². The van der Waals surface area contributed by atoms with Gasteiger partial charge in [0.15, 0.2) is 11.5 Å². The number of ether oxygens (including phenoxy) is 2. The summed E-state index contributed by atoms with van der Waals surface area (Å²) in [6.45, 7) is 5.63. The van der Waals surface area contributed by atoms with Crippen molar-refractivity contribution in [3.05, 3.63) is 23.8 Å². The number of carboxylic acid groups (broad SMARTS) is 1. The van der Waals surface area contributed by atoms with E-state index in [0.29, 0.717) is 37.6 Å². The number of aliphatic carboxylic acids is 1. The molecule has 0 radical (unpaired) electrons. The maximum Gasteiger partial charge on any atom is 0.307 e. The molecule has 0 aliphatic carbocycles. The predicted molar refractivity (Wildman–Crippen MR) is 92.9 cm³/mol. The van der Waals surface area contributed by atoms with Crippen molar-refractivity contribution in [3.8, 4) is 11.5 Å². The number of rotatable bonds is 8. The van der Waals surface area contributed by atoms with Crippen LogP contribution in [0.4, 0.5) is 0 Å². The molecule has 2 atom stereocenters. The molecule has 1 aromatic rings. The third-order valence-corrected chi connectivity index (χ3v) is 4.35. The number of hydrogen-bond donors (Lipinski definition) is 2. The molecule has 1 fully saturated rings. The highest BCUT2D eigenvalue weighted by molar-refractivity contribution is 5.79. The summed E-state index contributed by atoms with van der Waals surface area (Å²) >= 11 is 0. The van der Waals surface area contributed by atoms with Gasteiger partial charge in [-0.2, -0.15) is 0 Å². The quantitative estimate of drug-likeness (QED) is 0.742. The van der Waals surface area contributed by atoms with Crippen LogP contribution in [-0.2, 0) is 9.59 Å². The molecule has 7 nitrogen and oxygen atoms in total. The highest BCUT2D eigenvalue weighted by Gasteiger charge is 2.29. The largest absolute Gasteiger partial charge is 0.493 e. The molecule has 0 bridgehead atoms. The molecule has 0 saturated carbocycles. The van der Waals surface area contributed by atoms with E-state index in [4.69, 9.17) is 14.6 Å². The van der Waals surface area contributed by atoms with Crippen molar-refractivity contribution in [2.45, 2.75) is 26.3 Å². The van der Waals surface area contributed by atoms with E-state index in [1.165, 1.54) is 0 Å². The van der Waals surface area contributed by atoms with Crippen LogP contribution in [0.1, 0.15) is 31.9 Å². The third-order valence-electron chi connectivity index (χ3n) is 4.35. The lowest BCUT2D eigenvalue weighted by Gasteiger charge is -2.19. The maximum absolute atomic E-state index is 12.2. The van der Waals surface area contributed by atoms with Crippen LogP contribution in [0.3, 0.4) is 0 Å². The van der Waals surface area contributed by atoms with Crippen molar-refractivity contribution >= 4 is 11.9 Å². The van der Waals surface area contributed by atoms with Crippen LogP contribution in [0.2, 0.25) is 0 Å². The Kier molecular flexibility index (Phi) is 6.64. The minimum absolute atomic E-state index is 0.119. The Balaban J connectivity index is 1.91. The van der Waals surface area contributed by atoms with E-state index >= 15 is 0 Å². The maximum atomic E-state index is 12.2. The summed E-state index contributed by atoms with van der Waals surface area (Å²) in [5.74, 6) is 0.0121. The van der Waals surface area contributed by atoms with Crippen LogP contribution >= 0.6 is 0 Å². The van der Waals surface area contributed by atoms with Gasteiger partial charge in [0.25, 0.3) is 0 Å². The molecule has 1 amide bonds. The standard InChI is InChI=1S/C18H26N2O5/c1-4-25-15-6-5-13(9-16(15)24-3)12(2)19-17(21)11-20-8-7-14(10-20)18(22)23/h5-6,9,12,14H,4,7-8,10-11H2,1-3H3,(H,19,21)(H,22,23). The van der Waals surface area contributed by atoms with Gasteiger partial charge in [-0.1, -0.05) is 6.07 Å². The number of amides is 1. The van der Waals surface area contributed by atoms with Crippen molar-refractivity contribution in [2.75, 3.05) is 33.4 Å². The van der Waals surface area contributed by atoms with Crippen LogP contribution < -0.4 is 14.8 Å². The Hall–Kier alpha value is -2.28. The first kappa shape index (κ1) is 19.1. The van der Waals surface area contributed by atoms with E-state index < -0.39 is 5.97 Å². The Morgan fingerprint density at radius 2 is 2.16 bits per heavy atom. The summed E-state index contributed by atoms with van der Waals surface area (Å²) in [5.41, 5.74) is 0.915. The molecule has 1 saturated heterocycles. The second kappa shape index (κ2) is 8.71. The lowest BCUT2D eigenvalue weighted by Crippen LogP contribution is -2.37. The van der Waals surface area contributed by atoms with Gasteiger partial charge in [-0.25, -0.2) is 0 Å². The molecule has 7 heteroatoms. The smallest absolute Gasteiger partial charge is 0.307 e. The summed E-state index contributed by atoms with van der Waals surface area (Å²) in [7, 11) is 1.58. The van der Waals surface area contributed by atoms with Gasteiger partial charge in [0.2, 0.25) is 5.91 Å². The molecule has 2 unspecified atom stereocenters. The number of carbonyl (C=O) groups excluding carboxylic acids is 1. The molecule has 0 aromatic heterocycles. The summed E-state index contributed by atoms with van der Waals surface area (Å²) in [6.07, 6.45) is 0.592. The summed E-state index contributed by atoms with van der Waals surface area (Å²) in [5, 5.41) is 12.0. The number of likely N-dealkylation sites (tertiary alicyclic amines) is 1. The Morgan fingerprint density at radius 3 is 2.76 bits per heavy atom. The minimum atomic E-state index is -0.794. The van der Waals surface area contributed by atoms with E-state index in [1.807, 2.05) is 36.9 Å². The third kappa shape index (κ3) is 5.09. The number of methoxy groups -OCH3 is 1. The molecule has 2 rings (SSSR count). The highest BCUT2D eigenvalue weighted by atomic mass is 16.5. The Labute approximate surface area is 147 Å². The Morgan fingerprint density at radius 1 is 1.40 bits per heavy atom. The zero-order valence-electron chi connectivity index (χ0n) is 14.9. The number of nitrogens with zero attached hydrogens (tertiary/aromatic N) is 1. The van der Waals surface area contributed by atoms with E-state index in [-0.39, 0.29) is 24.4 Å². The van der Waals surface area contributed by atoms with Gasteiger partial charge >= 0.3 is 5.97 Å². The van der Waals surface area contributed by atoms with Gasteiger partial charge in [0.1, 0.15) is 0 Å². The molecule has 0 spiro atoms. The van der Waals surface area contributed by atoms with E-state index in [9.17, 15) is 9.59 Å². The summed E-state index contributed by atoms with van der Waals surface area (Å²) in [6, 6.07) is 5.40. The number of hydrogen-bond acceptors (Lipinski definition) is 5. The number of nitrogens with one attached hydrogen (secondary N) is 1. The first-order valence-electron chi connectivity index (χ1n) is 8.49. The lowest BCUT2D eigenvalue weighted by atomic mass is 10.1. The molecule has 138 valence electrons. The zero-order chi connectivity index (χ0) is 18.4. The average molecular weight is 350 g/mol. The molecule has 1 aliphatic heterocycles. The fourth-order valence-corrected chi connectivity index (χ4v) is 2.98. The fourth-order valence-electron chi connectivity index (χ4n) is 2.98. The zero-order valence-corrected chi connectivity index (χ0v) is 14.9. The van der Waals surface area contributed by atoms with Crippen molar-refractivity contribution in [2.24, 2.45) is 5.92 Å². The van der Waals surface area contributed by atoms with Crippen LogP contribution in [0, 0.1) is 5.92 Å². The topological polar surface area (TPSA) is 88.1 Å².